The molecule has 0 saturated heterocycles. The summed E-state index contributed by atoms with van der Waals surface area (Å²) >= 11 is 6.60. The van der Waals surface area contributed by atoms with Crippen molar-refractivity contribution in [3.8, 4) is 0 Å². The summed E-state index contributed by atoms with van der Waals surface area (Å²) in [5.74, 6) is 1.85. The molecule has 0 aliphatic rings. The smallest absolute Gasteiger partial charge is 0.146 e. The third-order valence-corrected chi connectivity index (χ3v) is 6.26. The van der Waals surface area contributed by atoms with Gasteiger partial charge in [-0.25, -0.2) is 0 Å². The third kappa shape index (κ3) is 4.02. The lowest BCUT2D eigenvalue weighted by atomic mass is 10.2. The Morgan fingerprint density at radius 2 is 1.40 bits per heavy atom. The second-order valence-corrected chi connectivity index (χ2v) is 7.92. The molecule has 20 heavy (non-hydrogen) atoms. The SMILES string of the molecule is c1cc(CSc2nncs2)cc(CSc2nncs2)c1. The molecule has 4 nitrogen and oxygen atoms in total. The molecule has 0 atom stereocenters. The van der Waals surface area contributed by atoms with Crippen LogP contribution in [-0.2, 0) is 11.5 Å². The van der Waals surface area contributed by atoms with Crippen LogP contribution in [0.4, 0.5) is 0 Å². The first-order valence-corrected chi connectivity index (χ1v) is 9.49. The van der Waals surface area contributed by atoms with E-state index in [1.807, 2.05) is 0 Å². The van der Waals surface area contributed by atoms with Crippen molar-refractivity contribution in [2.45, 2.75) is 20.2 Å². The van der Waals surface area contributed by atoms with Gasteiger partial charge in [-0.15, -0.1) is 20.4 Å². The van der Waals surface area contributed by atoms with Crippen LogP contribution in [0.15, 0.2) is 44.0 Å². The van der Waals surface area contributed by atoms with E-state index in [9.17, 15) is 0 Å². The lowest BCUT2D eigenvalue weighted by Crippen LogP contribution is -1.85. The minimum atomic E-state index is 0.923. The van der Waals surface area contributed by atoms with Gasteiger partial charge in [0.05, 0.1) is 0 Å². The lowest BCUT2D eigenvalue weighted by Gasteiger charge is -2.03. The summed E-state index contributed by atoms with van der Waals surface area (Å²) < 4.78 is 2.03. The van der Waals surface area contributed by atoms with Crippen molar-refractivity contribution in [1.82, 2.24) is 20.4 Å². The molecule has 0 amide bonds. The van der Waals surface area contributed by atoms with Gasteiger partial charge in [-0.3, -0.25) is 0 Å². The first kappa shape index (κ1) is 14.0. The van der Waals surface area contributed by atoms with E-state index in [1.165, 1.54) is 11.1 Å². The second-order valence-electron chi connectivity index (χ2n) is 3.81. The Labute approximate surface area is 133 Å². The Kier molecular flexibility index (Phi) is 5.01. The molecule has 0 saturated carbocycles. The molecule has 3 aromatic rings. The van der Waals surface area contributed by atoms with Crippen LogP contribution in [0.2, 0.25) is 0 Å². The zero-order valence-corrected chi connectivity index (χ0v) is 13.6. The second kappa shape index (κ2) is 7.16. The highest BCUT2D eigenvalue weighted by molar-refractivity contribution is 8.00. The van der Waals surface area contributed by atoms with E-state index in [0.717, 1.165) is 20.2 Å². The third-order valence-electron chi connectivity index (χ3n) is 2.40. The summed E-state index contributed by atoms with van der Waals surface area (Å²) in [6.45, 7) is 0. The minimum absolute atomic E-state index is 0.923. The van der Waals surface area contributed by atoms with Crippen molar-refractivity contribution in [3.63, 3.8) is 0 Å². The molecule has 102 valence electrons. The molecule has 0 unspecified atom stereocenters. The van der Waals surface area contributed by atoms with E-state index in [0.29, 0.717) is 0 Å². The van der Waals surface area contributed by atoms with Gasteiger partial charge in [-0.2, -0.15) is 0 Å². The van der Waals surface area contributed by atoms with Crippen molar-refractivity contribution in [2.75, 3.05) is 0 Å². The van der Waals surface area contributed by atoms with Gasteiger partial charge in [0.25, 0.3) is 0 Å². The summed E-state index contributed by atoms with van der Waals surface area (Å²) in [5.41, 5.74) is 6.13. The monoisotopic (exact) mass is 338 g/mol. The normalized spacial score (nSPS) is 10.8. The summed E-state index contributed by atoms with van der Waals surface area (Å²) in [7, 11) is 0. The topological polar surface area (TPSA) is 51.6 Å². The van der Waals surface area contributed by atoms with Gasteiger partial charge in [-0.1, -0.05) is 70.5 Å². The molecule has 0 N–H and O–H groups in total. The molecule has 2 aromatic heterocycles. The van der Waals surface area contributed by atoms with Crippen LogP contribution in [0.5, 0.6) is 0 Å². The molecule has 0 bridgehead atoms. The maximum atomic E-state index is 4.04. The van der Waals surface area contributed by atoms with E-state index in [-0.39, 0.29) is 0 Å². The van der Waals surface area contributed by atoms with Gasteiger partial charge in [-0.05, 0) is 11.1 Å². The first-order valence-electron chi connectivity index (χ1n) is 5.76. The van der Waals surface area contributed by atoms with Crippen molar-refractivity contribution >= 4 is 46.2 Å². The number of hydrogen-bond donors (Lipinski definition) is 0. The molecular formula is C12H10N4S4. The summed E-state index contributed by atoms with van der Waals surface area (Å²) in [6, 6.07) is 8.63. The van der Waals surface area contributed by atoms with Crippen LogP contribution >= 0.6 is 46.2 Å². The van der Waals surface area contributed by atoms with E-state index < -0.39 is 0 Å². The quantitative estimate of drug-likeness (QED) is 0.634. The number of rotatable bonds is 6. The fraction of sp³-hybridized carbons (Fsp3) is 0.167. The number of nitrogens with zero attached hydrogens (tertiary/aromatic N) is 4. The van der Waals surface area contributed by atoms with Gasteiger partial charge in [0.15, 0.2) is 8.68 Å². The average molecular weight is 339 g/mol. The van der Waals surface area contributed by atoms with Gasteiger partial charge in [0.1, 0.15) is 11.0 Å². The average Bonchev–Trinajstić information content (AvgIpc) is 3.17. The van der Waals surface area contributed by atoms with Crippen LogP contribution in [0, 0.1) is 0 Å². The highest BCUT2D eigenvalue weighted by Crippen LogP contribution is 2.26. The Hall–Kier alpha value is -0.960. The molecule has 8 heteroatoms. The molecule has 3 rings (SSSR count). The molecule has 0 aliphatic heterocycles. The highest BCUT2D eigenvalue weighted by Gasteiger charge is 2.03. The molecule has 0 spiro atoms. The lowest BCUT2D eigenvalue weighted by molar-refractivity contribution is 1.01. The van der Waals surface area contributed by atoms with Crippen molar-refractivity contribution < 1.29 is 0 Å². The van der Waals surface area contributed by atoms with Gasteiger partial charge in [0, 0.05) is 11.5 Å². The summed E-state index contributed by atoms with van der Waals surface area (Å²) in [6.07, 6.45) is 0. The Balaban J connectivity index is 1.57. The van der Waals surface area contributed by atoms with Gasteiger partial charge in [0.2, 0.25) is 0 Å². The molecule has 2 heterocycles. The van der Waals surface area contributed by atoms with Crippen LogP contribution in [0.1, 0.15) is 11.1 Å². The van der Waals surface area contributed by atoms with Crippen LogP contribution < -0.4 is 0 Å². The fourth-order valence-electron chi connectivity index (χ4n) is 1.55. The van der Waals surface area contributed by atoms with Crippen molar-refractivity contribution in [1.29, 1.82) is 0 Å². The molecule has 0 fully saturated rings. The predicted molar refractivity (Wildman–Crippen MR) is 85.4 cm³/mol. The number of hydrogen-bond acceptors (Lipinski definition) is 8. The zero-order chi connectivity index (χ0) is 13.6. The summed E-state index contributed by atoms with van der Waals surface area (Å²) in [5, 5.41) is 15.8. The maximum absolute atomic E-state index is 4.04. The standard InChI is InChI=1S/C12H10N4S4/c1-2-9(5-17-11-15-13-7-19-11)4-10(3-1)6-18-12-16-14-8-20-12/h1-4,7-8H,5-6H2. The maximum Gasteiger partial charge on any atom is 0.174 e. The molecular weight excluding hydrogens is 328 g/mol. The van der Waals surface area contributed by atoms with Crippen LogP contribution in [0.3, 0.4) is 0 Å². The van der Waals surface area contributed by atoms with Crippen LogP contribution in [-0.4, -0.2) is 20.4 Å². The largest absolute Gasteiger partial charge is 0.174 e. The highest BCUT2D eigenvalue weighted by atomic mass is 32.2. The van der Waals surface area contributed by atoms with E-state index >= 15 is 0 Å². The van der Waals surface area contributed by atoms with Gasteiger partial charge < -0.3 is 0 Å². The predicted octanol–water partition coefficient (Wildman–Crippen LogP) is 3.97. The van der Waals surface area contributed by atoms with E-state index in [4.69, 9.17) is 0 Å². The van der Waals surface area contributed by atoms with Crippen molar-refractivity contribution in [2.24, 2.45) is 0 Å². The van der Waals surface area contributed by atoms with Crippen molar-refractivity contribution in [3.05, 3.63) is 46.4 Å². The van der Waals surface area contributed by atoms with Crippen LogP contribution in [0.25, 0.3) is 0 Å². The first-order chi connectivity index (χ1) is 9.90. The Morgan fingerprint density at radius 1 is 0.850 bits per heavy atom. The molecule has 1 aromatic carbocycles. The number of benzene rings is 1. The Bertz CT molecular complexity index is 586. The number of thioether (sulfide) groups is 2. The molecule has 0 radical (unpaired) electrons. The molecule has 0 aliphatic carbocycles. The Morgan fingerprint density at radius 3 is 1.85 bits per heavy atom. The van der Waals surface area contributed by atoms with E-state index in [1.54, 1.807) is 57.2 Å². The fourth-order valence-corrected chi connectivity index (χ4v) is 4.41. The van der Waals surface area contributed by atoms with E-state index in [2.05, 4.69) is 44.7 Å². The minimum Gasteiger partial charge on any atom is -0.146 e. The zero-order valence-electron chi connectivity index (χ0n) is 10.3. The van der Waals surface area contributed by atoms with Gasteiger partial charge >= 0.3 is 0 Å². The number of aromatic nitrogens is 4. The summed E-state index contributed by atoms with van der Waals surface area (Å²) in [4.78, 5) is 0.